The lowest BCUT2D eigenvalue weighted by atomic mass is 10.0. The highest BCUT2D eigenvalue weighted by atomic mass is 79.9. The molecule has 0 saturated carbocycles. The van der Waals surface area contributed by atoms with Gasteiger partial charge in [0.2, 0.25) is 5.91 Å². The molecule has 0 saturated heterocycles. The van der Waals surface area contributed by atoms with Crippen molar-refractivity contribution in [2.24, 2.45) is 0 Å². The SMILES string of the molecule is CCc1cccc(CC)c1NC(=O)CCS(=O)(=O)c1ccc(Br)s1. The quantitative estimate of drug-likeness (QED) is 0.707. The smallest absolute Gasteiger partial charge is 0.225 e. The Labute approximate surface area is 155 Å². The summed E-state index contributed by atoms with van der Waals surface area (Å²) in [4.78, 5) is 12.3. The molecule has 0 aliphatic rings. The van der Waals surface area contributed by atoms with E-state index in [1.165, 1.54) is 0 Å². The zero-order valence-electron chi connectivity index (χ0n) is 13.6. The lowest BCUT2D eigenvalue weighted by Crippen LogP contribution is -2.18. The standard InChI is InChI=1S/C17H20BrNO3S2/c1-3-12-6-5-7-13(4-2)17(12)19-15(20)10-11-24(21,22)16-9-8-14(18)23-16/h5-9H,3-4,10-11H2,1-2H3,(H,19,20). The first-order valence-electron chi connectivity index (χ1n) is 7.76. The average molecular weight is 430 g/mol. The van der Waals surface area contributed by atoms with Crippen molar-refractivity contribution in [2.45, 2.75) is 37.3 Å². The maximum Gasteiger partial charge on any atom is 0.225 e. The van der Waals surface area contributed by atoms with E-state index < -0.39 is 9.84 Å². The molecule has 0 bridgehead atoms. The number of anilines is 1. The second-order valence-corrected chi connectivity index (χ2v) is 10.1. The maximum atomic E-state index is 12.3. The molecule has 1 aromatic carbocycles. The third kappa shape index (κ3) is 4.68. The molecule has 2 aromatic rings. The molecular formula is C17H20BrNO3S2. The second kappa shape index (κ2) is 8.27. The summed E-state index contributed by atoms with van der Waals surface area (Å²) in [6.07, 6.45) is 1.56. The van der Waals surface area contributed by atoms with E-state index >= 15 is 0 Å². The number of carbonyl (C=O) groups is 1. The second-order valence-electron chi connectivity index (χ2n) is 5.33. The lowest BCUT2D eigenvalue weighted by Gasteiger charge is -2.14. The van der Waals surface area contributed by atoms with Crippen LogP contribution < -0.4 is 5.32 Å². The molecule has 0 spiro atoms. The van der Waals surface area contributed by atoms with Gasteiger partial charge in [-0.15, -0.1) is 11.3 Å². The molecule has 7 heteroatoms. The Morgan fingerprint density at radius 2 is 1.75 bits per heavy atom. The molecule has 0 aliphatic heterocycles. The number of amides is 1. The summed E-state index contributed by atoms with van der Waals surface area (Å²) in [6.45, 7) is 4.06. The van der Waals surface area contributed by atoms with Crippen LogP contribution in [0.5, 0.6) is 0 Å². The van der Waals surface area contributed by atoms with Crippen LogP contribution in [0.25, 0.3) is 0 Å². The maximum absolute atomic E-state index is 12.3. The molecule has 0 aliphatic carbocycles. The van der Waals surface area contributed by atoms with Gasteiger partial charge in [-0.3, -0.25) is 4.79 Å². The van der Waals surface area contributed by atoms with Crippen LogP contribution in [0.3, 0.4) is 0 Å². The first kappa shape index (κ1) is 19.1. The van der Waals surface area contributed by atoms with E-state index in [9.17, 15) is 13.2 Å². The van der Waals surface area contributed by atoms with Gasteiger partial charge in [0.25, 0.3) is 0 Å². The van der Waals surface area contributed by atoms with E-state index in [0.717, 1.165) is 44.8 Å². The van der Waals surface area contributed by atoms with E-state index in [-0.39, 0.29) is 22.3 Å². The summed E-state index contributed by atoms with van der Waals surface area (Å²) in [7, 11) is -3.43. The number of carbonyl (C=O) groups excluding carboxylic acids is 1. The van der Waals surface area contributed by atoms with Gasteiger partial charge >= 0.3 is 0 Å². The minimum Gasteiger partial charge on any atom is -0.326 e. The van der Waals surface area contributed by atoms with E-state index in [1.807, 2.05) is 32.0 Å². The molecular weight excluding hydrogens is 410 g/mol. The topological polar surface area (TPSA) is 63.2 Å². The highest BCUT2D eigenvalue weighted by molar-refractivity contribution is 9.11. The van der Waals surface area contributed by atoms with Crippen molar-refractivity contribution in [1.29, 1.82) is 0 Å². The van der Waals surface area contributed by atoms with Crippen molar-refractivity contribution in [2.75, 3.05) is 11.1 Å². The molecule has 24 heavy (non-hydrogen) atoms. The summed E-state index contributed by atoms with van der Waals surface area (Å²) in [6, 6.07) is 9.20. The molecule has 1 N–H and O–H groups in total. The van der Waals surface area contributed by atoms with Crippen molar-refractivity contribution in [3.63, 3.8) is 0 Å². The van der Waals surface area contributed by atoms with Crippen LogP contribution in [0.1, 0.15) is 31.4 Å². The molecule has 0 radical (unpaired) electrons. The molecule has 0 fully saturated rings. The van der Waals surface area contributed by atoms with Gasteiger partial charge in [-0.25, -0.2) is 8.42 Å². The zero-order chi connectivity index (χ0) is 17.7. The number of aryl methyl sites for hydroxylation is 2. The Balaban J connectivity index is 2.07. The molecule has 130 valence electrons. The van der Waals surface area contributed by atoms with Crippen LogP contribution in [-0.4, -0.2) is 20.1 Å². The van der Waals surface area contributed by atoms with Gasteiger partial charge in [0, 0.05) is 12.1 Å². The van der Waals surface area contributed by atoms with Gasteiger partial charge in [-0.1, -0.05) is 32.0 Å². The largest absolute Gasteiger partial charge is 0.326 e. The Morgan fingerprint density at radius 3 is 2.25 bits per heavy atom. The fourth-order valence-electron chi connectivity index (χ4n) is 2.40. The van der Waals surface area contributed by atoms with E-state index in [4.69, 9.17) is 0 Å². The fraction of sp³-hybridized carbons (Fsp3) is 0.353. The third-order valence-corrected chi connectivity index (χ3v) is 7.64. The molecule has 4 nitrogen and oxygen atoms in total. The monoisotopic (exact) mass is 429 g/mol. The van der Waals surface area contributed by atoms with E-state index in [2.05, 4.69) is 21.2 Å². The molecule has 0 atom stereocenters. The number of benzene rings is 1. The molecule has 2 rings (SSSR count). The van der Waals surface area contributed by atoms with Crippen LogP contribution >= 0.6 is 27.3 Å². The third-order valence-electron chi connectivity index (χ3n) is 3.72. The molecule has 1 heterocycles. The zero-order valence-corrected chi connectivity index (χ0v) is 16.9. The lowest BCUT2D eigenvalue weighted by molar-refractivity contribution is -0.115. The van der Waals surface area contributed by atoms with Crippen LogP contribution in [0.15, 0.2) is 38.3 Å². The number of hydrogen-bond donors (Lipinski definition) is 1. The van der Waals surface area contributed by atoms with Gasteiger partial charge in [0.05, 0.1) is 9.54 Å². The number of sulfone groups is 1. The number of halogens is 1. The van der Waals surface area contributed by atoms with Gasteiger partial charge in [-0.05, 0) is 52.0 Å². The Bertz CT molecular complexity index is 806. The van der Waals surface area contributed by atoms with Crippen molar-refractivity contribution in [1.82, 2.24) is 0 Å². The number of thiophene rings is 1. The van der Waals surface area contributed by atoms with Crippen molar-refractivity contribution < 1.29 is 13.2 Å². The average Bonchev–Trinajstić information content (AvgIpc) is 3.00. The minimum absolute atomic E-state index is 0.0565. The van der Waals surface area contributed by atoms with Crippen molar-refractivity contribution in [3.8, 4) is 0 Å². The molecule has 1 amide bonds. The fourth-order valence-corrected chi connectivity index (χ4v) is 5.80. The molecule has 0 unspecified atom stereocenters. The van der Waals surface area contributed by atoms with E-state index in [0.29, 0.717) is 0 Å². The van der Waals surface area contributed by atoms with Crippen molar-refractivity contribution >= 4 is 48.7 Å². The summed E-state index contributed by atoms with van der Waals surface area (Å²) >= 11 is 4.41. The molecule has 1 aromatic heterocycles. The van der Waals surface area contributed by atoms with Gasteiger partial charge < -0.3 is 5.32 Å². The van der Waals surface area contributed by atoms with Gasteiger partial charge in [0.15, 0.2) is 9.84 Å². The number of rotatable bonds is 7. The first-order valence-corrected chi connectivity index (χ1v) is 11.0. The highest BCUT2D eigenvalue weighted by Gasteiger charge is 2.19. The number of nitrogens with one attached hydrogen (secondary N) is 1. The van der Waals surface area contributed by atoms with Crippen LogP contribution in [-0.2, 0) is 27.5 Å². The minimum atomic E-state index is -3.43. The van der Waals surface area contributed by atoms with Crippen LogP contribution in [0.4, 0.5) is 5.69 Å². The Kier molecular flexibility index (Phi) is 6.60. The Hall–Kier alpha value is -1.18. The van der Waals surface area contributed by atoms with Gasteiger partial charge in [-0.2, -0.15) is 0 Å². The normalized spacial score (nSPS) is 11.5. The van der Waals surface area contributed by atoms with E-state index in [1.54, 1.807) is 12.1 Å². The number of hydrogen-bond acceptors (Lipinski definition) is 4. The van der Waals surface area contributed by atoms with Crippen LogP contribution in [0.2, 0.25) is 0 Å². The summed E-state index contributed by atoms with van der Waals surface area (Å²) < 4.78 is 25.6. The number of para-hydroxylation sites is 1. The highest BCUT2D eigenvalue weighted by Crippen LogP contribution is 2.27. The predicted octanol–water partition coefficient (Wildman–Crippen LogP) is 4.44. The van der Waals surface area contributed by atoms with Gasteiger partial charge in [0.1, 0.15) is 4.21 Å². The Morgan fingerprint density at radius 1 is 1.12 bits per heavy atom. The predicted molar refractivity (Wildman–Crippen MR) is 103 cm³/mol. The summed E-state index contributed by atoms with van der Waals surface area (Å²) in [5.74, 6) is -0.466. The van der Waals surface area contributed by atoms with Crippen molar-refractivity contribution in [3.05, 3.63) is 45.2 Å². The summed E-state index contributed by atoms with van der Waals surface area (Å²) in [5.41, 5.74) is 2.95. The first-order chi connectivity index (χ1) is 11.4. The van der Waals surface area contributed by atoms with Crippen LogP contribution in [0, 0.1) is 0 Å². The summed E-state index contributed by atoms with van der Waals surface area (Å²) in [5, 5.41) is 2.90.